The monoisotopic (exact) mass is 308 g/mol. The van der Waals surface area contributed by atoms with E-state index in [9.17, 15) is 4.79 Å². The molecule has 0 saturated carbocycles. The lowest BCUT2D eigenvalue weighted by atomic mass is 10.0. The van der Waals surface area contributed by atoms with Crippen LogP contribution in [0.2, 0.25) is 0 Å². The molecule has 0 radical (unpaired) electrons. The summed E-state index contributed by atoms with van der Waals surface area (Å²) in [5, 5.41) is 0. The zero-order valence-electron chi connectivity index (χ0n) is 14.6. The van der Waals surface area contributed by atoms with Crippen molar-refractivity contribution in [1.29, 1.82) is 0 Å². The van der Waals surface area contributed by atoms with Crippen molar-refractivity contribution >= 4 is 17.8 Å². The molecule has 0 aliphatic carbocycles. The Morgan fingerprint density at radius 2 is 1.78 bits per heavy atom. The van der Waals surface area contributed by atoms with Crippen molar-refractivity contribution in [3.05, 3.63) is 64.2 Å². The topological polar surface area (TPSA) is 32.7 Å². The van der Waals surface area contributed by atoms with E-state index in [4.69, 9.17) is 0 Å². The molecule has 3 nitrogen and oxygen atoms in total. The molecule has 2 aromatic rings. The molecule has 0 aliphatic heterocycles. The number of carbonyl (C=O) groups excluding carboxylic acids is 1. The van der Waals surface area contributed by atoms with Crippen LogP contribution in [0.25, 0.3) is 0 Å². The van der Waals surface area contributed by atoms with E-state index in [1.807, 2.05) is 52.1 Å². The second kappa shape index (κ2) is 7.23. The van der Waals surface area contributed by atoms with E-state index >= 15 is 0 Å². The molecule has 0 fully saturated rings. The summed E-state index contributed by atoms with van der Waals surface area (Å²) in [6, 6.07) is 12.1. The third kappa shape index (κ3) is 3.86. The summed E-state index contributed by atoms with van der Waals surface area (Å²) in [7, 11) is 1.85. The first kappa shape index (κ1) is 16.9. The summed E-state index contributed by atoms with van der Waals surface area (Å²) < 4.78 is 0. The lowest BCUT2D eigenvalue weighted by Gasteiger charge is -2.20. The van der Waals surface area contributed by atoms with E-state index in [1.165, 1.54) is 11.1 Å². The molecule has 0 spiro atoms. The van der Waals surface area contributed by atoms with Crippen molar-refractivity contribution in [2.45, 2.75) is 34.2 Å². The number of nitrogens with zero attached hydrogens (tertiary/aromatic N) is 2. The SMILES string of the molecule is C/C=N/c1cc(C)c(C(=O)N(C)Cc2ccccc2C)cc1C. The number of aliphatic imine (C=N–C) groups is 1. The van der Waals surface area contributed by atoms with Gasteiger partial charge in [0.1, 0.15) is 0 Å². The molecular weight excluding hydrogens is 284 g/mol. The van der Waals surface area contributed by atoms with E-state index in [2.05, 4.69) is 24.0 Å². The summed E-state index contributed by atoms with van der Waals surface area (Å²) in [6.45, 7) is 8.52. The van der Waals surface area contributed by atoms with E-state index in [0.29, 0.717) is 6.54 Å². The molecule has 23 heavy (non-hydrogen) atoms. The van der Waals surface area contributed by atoms with Crippen LogP contribution in [-0.4, -0.2) is 24.1 Å². The van der Waals surface area contributed by atoms with E-state index < -0.39 is 0 Å². The van der Waals surface area contributed by atoms with Crippen LogP contribution in [0.3, 0.4) is 0 Å². The molecule has 1 amide bonds. The third-order valence-corrected chi connectivity index (χ3v) is 4.06. The number of hydrogen-bond donors (Lipinski definition) is 0. The zero-order valence-corrected chi connectivity index (χ0v) is 14.6. The van der Waals surface area contributed by atoms with Gasteiger partial charge in [0.15, 0.2) is 0 Å². The minimum atomic E-state index is 0.0425. The number of aryl methyl sites for hydroxylation is 3. The van der Waals surface area contributed by atoms with E-state index in [1.54, 1.807) is 11.1 Å². The van der Waals surface area contributed by atoms with Gasteiger partial charge in [0.25, 0.3) is 5.91 Å². The molecule has 0 aromatic heterocycles. The molecule has 3 heteroatoms. The maximum atomic E-state index is 12.8. The number of carbonyl (C=O) groups is 1. The molecule has 0 bridgehead atoms. The van der Waals surface area contributed by atoms with Gasteiger partial charge in [-0.3, -0.25) is 9.79 Å². The first-order valence-electron chi connectivity index (χ1n) is 7.84. The van der Waals surface area contributed by atoms with Crippen molar-refractivity contribution in [1.82, 2.24) is 4.90 Å². The van der Waals surface area contributed by atoms with Crippen LogP contribution in [0, 0.1) is 20.8 Å². The Labute approximate surface area is 138 Å². The van der Waals surface area contributed by atoms with Gasteiger partial charge in [0.05, 0.1) is 5.69 Å². The van der Waals surface area contributed by atoms with Crippen molar-refractivity contribution in [3.63, 3.8) is 0 Å². The van der Waals surface area contributed by atoms with Gasteiger partial charge in [-0.25, -0.2) is 0 Å². The molecule has 0 atom stereocenters. The highest BCUT2D eigenvalue weighted by Crippen LogP contribution is 2.24. The van der Waals surface area contributed by atoms with Crippen LogP contribution in [0.5, 0.6) is 0 Å². The Morgan fingerprint density at radius 3 is 2.43 bits per heavy atom. The smallest absolute Gasteiger partial charge is 0.254 e. The zero-order chi connectivity index (χ0) is 17.0. The van der Waals surface area contributed by atoms with Gasteiger partial charge < -0.3 is 4.90 Å². The lowest BCUT2D eigenvalue weighted by Crippen LogP contribution is -2.27. The van der Waals surface area contributed by atoms with E-state index in [-0.39, 0.29) is 5.91 Å². The Kier molecular flexibility index (Phi) is 5.32. The molecule has 0 N–H and O–H groups in total. The van der Waals surface area contributed by atoms with Gasteiger partial charge in [-0.1, -0.05) is 24.3 Å². The van der Waals surface area contributed by atoms with Crippen LogP contribution in [0.4, 0.5) is 5.69 Å². The standard InChI is InChI=1S/C20H24N2O/c1-6-21-19-12-15(3)18(11-16(19)4)20(23)22(5)13-17-10-8-7-9-14(17)2/h6-12H,13H2,1-5H3/b21-6+. The van der Waals surface area contributed by atoms with Crippen LogP contribution in [-0.2, 0) is 6.54 Å². The van der Waals surface area contributed by atoms with Crippen LogP contribution < -0.4 is 0 Å². The van der Waals surface area contributed by atoms with E-state index in [0.717, 1.165) is 22.4 Å². The molecule has 0 saturated heterocycles. The Hall–Kier alpha value is -2.42. The Balaban J connectivity index is 2.26. The van der Waals surface area contributed by atoms with Gasteiger partial charge >= 0.3 is 0 Å². The normalized spacial score (nSPS) is 11.0. The van der Waals surface area contributed by atoms with Crippen molar-refractivity contribution in [3.8, 4) is 0 Å². The summed E-state index contributed by atoms with van der Waals surface area (Å²) in [5.41, 5.74) is 6.01. The number of rotatable bonds is 4. The molecule has 2 aromatic carbocycles. The minimum absolute atomic E-state index is 0.0425. The first-order valence-corrected chi connectivity index (χ1v) is 7.84. The second-order valence-electron chi connectivity index (χ2n) is 5.93. The lowest BCUT2D eigenvalue weighted by molar-refractivity contribution is 0.0784. The predicted molar refractivity (Wildman–Crippen MR) is 96.7 cm³/mol. The fraction of sp³-hybridized carbons (Fsp3) is 0.300. The highest BCUT2D eigenvalue weighted by atomic mass is 16.2. The van der Waals surface area contributed by atoms with Crippen molar-refractivity contribution in [2.75, 3.05) is 7.05 Å². The highest BCUT2D eigenvalue weighted by Gasteiger charge is 2.16. The summed E-state index contributed by atoms with van der Waals surface area (Å²) in [5.74, 6) is 0.0425. The average molecular weight is 308 g/mol. The fourth-order valence-electron chi connectivity index (χ4n) is 2.63. The van der Waals surface area contributed by atoms with Crippen LogP contribution >= 0.6 is 0 Å². The van der Waals surface area contributed by atoms with Gasteiger partial charge in [-0.15, -0.1) is 0 Å². The number of benzene rings is 2. The summed E-state index contributed by atoms with van der Waals surface area (Å²) in [6.07, 6.45) is 1.77. The minimum Gasteiger partial charge on any atom is -0.337 e. The number of hydrogen-bond acceptors (Lipinski definition) is 2. The van der Waals surface area contributed by atoms with Gasteiger partial charge in [0, 0.05) is 25.4 Å². The van der Waals surface area contributed by atoms with Crippen LogP contribution in [0.1, 0.15) is 39.5 Å². The molecule has 0 aliphatic rings. The summed E-state index contributed by atoms with van der Waals surface area (Å²) in [4.78, 5) is 18.9. The largest absolute Gasteiger partial charge is 0.337 e. The summed E-state index contributed by atoms with van der Waals surface area (Å²) >= 11 is 0. The maximum absolute atomic E-state index is 12.8. The molecule has 120 valence electrons. The highest BCUT2D eigenvalue weighted by molar-refractivity contribution is 5.96. The Morgan fingerprint density at radius 1 is 1.09 bits per heavy atom. The van der Waals surface area contributed by atoms with Gasteiger partial charge in [0.2, 0.25) is 0 Å². The average Bonchev–Trinajstić information content (AvgIpc) is 2.52. The third-order valence-electron chi connectivity index (χ3n) is 4.06. The molecule has 2 rings (SSSR count). The maximum Gasteiger partial charge on any atom is 0.254 e. The number of amides is 1. The molecule has 0 heterocycles. The Bertz CT molecular complexity index is 747. The predicted octanol–water partition coefficient (Wildman–Crippen LogP) is 4.61. The van der Waals surface area contributed by atoms with Crippen molar-refractivity contribution in [2.24, 2.45) is 4.99 Å². The van der Waals surface area contributed by atoms with Crippen molar-refractivity contribution < 1.29 is 4.79 Å². The quantitative estimate of drug-likeness (QED) is 0.759. The fourth-order valence-corrected chi connectivity index (χ4v) is 2.63. The van der Waals surface area contributed by atoms with Gasteiger partial charge in [-0.2, -0.15) is 0 Å². The van der Waals surface area contributed by atoms with Crippen LogP contribution in [0.15, 0.2) is 41.4 Å². The van der Waals surface area contributed by atoms with Gasteiger partial charge in [-0.05, 0) is 62.1 Å². The second-order valence-corrected chi connectivity index (χ2v) is 5.93. The molecule has 0 unspecified atom stereocenters. The molecular formula is C20H24N2O. The first-order chi connectivity index (χ1) is 10.9.